The molecule has 0 aliphatic rings. The van der Waals surface area contributed by atoms with Crippen LogP contribution in [0.5, 0.6) is 0 Å². The van der Waals surface area contributed by atoms with Gasteiger partial charge in [0, 0.05) is 33.5 Å². The molecule has 0 unspecified atom stereocenters. The highest BCUT2D eigenvalue weighted by Crippen LogP contribution is 2.41. The highest BCUT2D eigenvalue weighted by atomic mass is 15.1. The lowest BCUT2D eigenvalue weighted by molar-refractivity contribution is 1.10. The molecule has 0 spiro atoms. The molecule has 10 aromatic rings. The minimum absolute atomic E-state index is 0.631. The van der Waals surface area contributed by atoms with Crippen molar-refractivity contribution in [2.75, 3.05) is 0 Å². The van der Waals surface area contributed by atoms with Gasteiger partial charge in [-0.25, -0.2) is 15.0 Å². The van der Waals surface area contributed by atoms with Crippen molar-refractivity contribution in [3.63, 3.8) is 0 Å². The number of aromatic nitrogens is 4. The third kappa shape index (κ3) is 6.72. The second kappa shape index (κ2) is 15.6. The van der Waals surface area contributed by atoms with Crippen LogP contribution in [-0.2, 0) is 0 Å². The predicted molar refractivity (Wildman–Crippen MR) is 244 cm³/mol. The number of hydrogen-bond acceptors (Lipinski definition) is 4. The highest BCUT2D eigenvalue weighted by molar-refractivity contribution is 5.93. The van der Waals surface area contributed by atoms with Crippen molar-refractivity contribution in [2.24, 2.45) is 0 Å². The largest absolute Gasteiger partial charge is 0.292 e. The van der Waals surface area contributed by atoms with Gasteiger partial charge in [-0.05, 0) is 82.8 Å². The minimum Gasteiger partial charge on any atom is -0.292 e. The van der Waals surface area contributed by atoms with Gasteiger partial charge in [0.1, 0.15) is 5.82 Å². The maximum absolute atomic E-state index is 9.36. The van der Waals surface area contributed by atoms with E-state index >= 15 is 0 Å². The minimum atomic E-state index is 0.631. The molecule has 0 radical (unpaired) electrons. The van der Waals surface area contributed by atoms with Crippen LogP contribution in [0, 0.1) is 18.3 Å². The summed E-state index contributed by atoms with van der Waals surface area (Å²) in [5, 5.41) is 9.36. The molecule has 0 atom stereocenters. The van der Waals surface area contributed by atoms with Crippen molar-refractivity contribution in [1.29, 1.82) is 5.26 Å². The fraction of sp³-hybridized carbons (Fsp3) is 0.0182. The molecular formula is C55H37N5. The first-order valence-corrected chi connectivity index (χ1v) is 20.0. The van der Waals surface area contributed by atoms with E-state index in [1.54, 1.807) is 0 Å². The molecule has 5 nitrogen and oxygen atoms in total. The molecule has 0 saturated carbocycles. The molecule has 8 aromatic carbocycles. The normalized spacial score (nSPS) is 11.1. The molecule has 2 aromatic heterocycles. The lowest BCUT2D eigenvalue weighted by Crippen LogP contribution is -2.01. The standard InChI is InChI=1S/C55H37N5/c1-37-52(41-15-4-2-5-16-41)58-54(44-20-14-19-43(35-44)39-29-27-38(36-56)28-30-39)59-53(37)49-24-11-10-23-48(49)47-22-9-8-21-46(47)40-31-33-45(34-32-40)60-51-26-13-12-25-50(51)57-55(60)42-17-6-3-7-18-42/h2-35H,1H3. The average Bonchev–Trinajstić information content (AvgIpc) is 3.72. The van der Waals surface area contributed by atoms with Gasteiger partial charge in [0.05, 0.1) is 34.1 Å². The van der Waals surface area contributed by atoms with Crippen molar-refractivity contribution in [2.45, 2.75) is 6.92 Å². The van der Waals surface area contributed by atoms with Gasteiger partial charge >= 0.3 is 0 Å². The zero-order chi connectivity index (χ0) is 40.4. The van der Waals surface area contributed by atoms with E-state index in [4.69, 9.17) is 15.0 Å². The van der Waals surface area contributed by atoms with Crippen LogP contribution in [0.3, 0.4) is 0 Å². The maximum Gasteiger partial charge on any atom is 0.160 e. The summed E-state index contributed by atoms with van der Waals surface area (Å²) in [6.45, 7) is 2.12. The van der Waals surface area contributed by atoms with Gasteiger partial charge in [-0.3, -0.25) is 4.57 Å². The zero-order valence-electron chi connectivity index (χ0n) is 32.9. The van der Waals surface area contributed by atoms with Gasteiger partial charge in [-0.15, -0.1) is 0 Å². The fourth-order valence-corrected chi connectivity index (χ4v) is 8.11. The third-order valence-electron chi connectivity index (χ3n) is 11.1. The number of benzene rings is 8. The first-order valence-electron chi connectivity index (χ1n) is 20.0. The van der Waals surface area contributed by atoms with Crippen molar-refractivity contribution in [1.82, 2.24) is 19.5 Å². The highest BCUT2D eigenvalue weighted by Gasteiger charge is 2.20. The molecule has 0 aliphatic carbocycles. The topological polar surface area (TPSA) is 67.4 Å². The Kier molecular flexibility index (Phi) is 9.42. The lowest BCUT2D eigenvalue weighted by atomic mass is 9.89. The van der Waals surface area contributed by atoms with E-state index < -0.39 is 0 Å². The van der Waals surface area contributed by atoms with E-state index in [0.29, 0.717) is 11.4 Å². The predicted octanol–water partition coefficient (Wildman–Crippen LogP) is 13.7. The van der Waals surface area contributed by atoms with E-state index in [1.165, 1.54) is 0 Å². The van der Waals surface area contributed by atoms with Crippen molar-refractivity contribution >= 4 is 11.0 Å². The summed E-state index contributed by atoms with van der Waals surface area (Å²) in [4.78, 5) is 15.7. The second-order valence-electron chi connectivity index (χ2n) is 14.8. The van der Waals surface area contributed by atoms with Crippen LogP contribution >= 0.6 is 0 Å². The van der Waals surface area contributed by atoms with E-state index in [0.717, 1.165) is 95.1 Å². The number of nitriles is 1. The number of fused-ring (bicyclic) bond motifs is 1. The molecule has 0 amide bonds. The lowest BCUT2D eigenvalue weighted by Gasteiger charge is -2.18. The summed E-state index contributed by atoms with van der Waals surface area (Å²) in [6.07, 6.45) is 0. The van der Waals surface area contributed by atoms with Crippen LogP contribution in [0.2, 0.25) is 0 Å². The van der Waals surface area contributed by atoms with E-state index in [-0.39, 0.29) is 0 Å². The van der Waals surface area contributed by atoms with Gasteiger partial charge in [-0.2, -0.15) is 5.26 Å². The monoisotopic (exact) mass is 767 g/mol. The average molecular weight is 768 g/mol. The van der Waals surface area contributed by atoms with Gasteiger partial charge in [0.25, 0.3) is 0 Å². The summed E-state index contributed by atoms with van der Waals surface area (Å²) in [5.74, 6) is 1.56. The number of rotatable bonds is 8. The summed E-state index contributed by atoms with van der Waals surface area (Å²) >= 11 is 0. The molecule has 0 N–H and O–H groups in total. The molecule has 2 heterocycles. The van der Waals surface area contributed by atoms with E-state index in [2.05, 4.69) is 175 Å². The third-order valence-corrected chi connectivity index (χ3v) is 11.1. The van der Waals surface area contributed by atoms with Crippen LogP contribution in [0.25, 0.3) is 95.4 Å². The molecule has 0 saturated heterocycles. The van der Waals surface area contributed by atoms with Crippen molar-refractivity contribution in [3.05, 3.63) is 217 Å². The Hall–Kier alpha value is -8.20. The molecule has 60 heavy (non-hydrogen) atoms. The second-order valence-corrected chi connectivity index (χ2v) is 14.8. The van der Waals surface area contributed by atoms with Crippen LogP contribution in [0.15, 0.2) is 206 Å². The fourth-order valence-electron chi connectivity index (χ4n) is 8.11. The van der Waals surface area contributed by atoms with Gasteiger partial charge in [-0.1, -0.05) is 164 Å². The van der Waals surface area contributed by atoms with E-state index in [9.17, 15) is 5.26 Å². The molecule has 10 rings (SSSR count). The van der Waals surface area contributed by atoms with Crippen molar-refractivity contribution < 1.29 is 0 Å². The first-order chi connectivity index (χ1) is 29.6. The summed E-state index contributed by atoms with van der Waals surface area (Å²) in [6, 6.07) is 73.2. The number of hydrogen-bond donors (Lipinski definition) is 0. The van der Waals surface area contributed by atoms with Crippen LogP contribution in [0.4, 0.5) is 0 Å². The molecule has 0 aliphatic heterocycles. The number of imidazole rings is 1. The summed E-state index contributed by atoms with van der Waals surface area (Å²) in [5.41, 5.74) is 17.0. The Morgan fingerprint density at radius 1 is 0.417 bits per heavy atom. The van der Waals surface area contributed by atoms with Gasteiger partial charge < -0.3 is 0 Å². The number of nitrogens with zero attached hydrogens (tertiary/aromatic N) is 5. The van der Waals surface area contributed by atoms with E-state index in [1.807, 2.05) is 48.5 Å². The number of para-hydroxylation sites is 2. The summed E-state index contributed by atoms with van der Waals surface area (Å²) < 4.78 is 2.25. The summed E-state index contributed by atoms with van der Waals surface area (Å²) in [7, 11) is 0. The molecule has 5 heteroatoms. The zero-order valence-corrected chi connectivity index (χ0v) is 32.9. The molecule has 0 bridgehead atoms. The van der Waals surface area contributed by atoms with Crippen LogP contribution in [-0.4, -0.2) is 19.5 Å². The van der Waals surface area contributed by atoms with Gasteiger partial charge in [0.15, 0.2) is 5.82 Å². The van der Waals surface area contributed by atoms with Crippen molar-refractivity contribution in [3.8, 4) is 90.4 Å². The SMILES string of the molecule is Cc1c(-c2ccccc2)nc(-c2cccc(-c3ccc(C#N)cc3)c2)nc1-c1ccccc1-c1ccccc1-c1ccc(-n2c(-c3ccccc3)nc3ccccc32)cc1. The van der Waals surface area contributed by atoms with Gasteiger partial charge in [0.2, 0.25) is 0 Å². The van der Waals surface area contributed by atoms with Crippen LogP contribution < -0.4 is 0 Å². The maximum atomic E-state index is 9.36. The Labute approximate surface area is 349 Å². The quantitative estimate of drug-likeness (QED) is 0.154. The molecule has 282 valence electrons. The van der Waals surface area contributed by atoms with Crippen LogP contribution in [0.1, 0.15) is 11.1 Å². The Morgan fingerprint density at radius 3 is 1.68 bits per heavy atom. The Balaban J connectivity index is 1.09. The smallest absolute Gasteiger partial charge is 0.160 e. The Morgan fingerprint density at radius 2 is 0.967 bits per heavy atom. The first kappa shape index (κ1) is 36.2. The molecular weight excluding hydrogens is 731 g/mol. The molecule has 0 fully saturated rings. The Bertz CT molecular complexity index is 3200.